The number of benzene rings is 3. The molecule has 1 atom stereocenters. The van der Waals surface area contributed by atoms with Gasteiger partial charge in [-0.3, -0.25) is 9.80 Å². The Hall–Kier alpha value is -3.51. The Labute approximate surface area is 250 Å². The third-order valence-corrected chi connectivity index (χ3v) is 8.24. The third kappa shape index (κ3) is 8.75. The number of piperazine rings is 1. The highest BCUT2D eigenvalue weighted by Crippen LogP contribution is 2.44. The van der Waals surface area contributed by atoms with Crippen molar-refractivity contribution in [3.63, 3.8) is 0 Å². The zero-order valence-electron chi connectivity index (χ0n) is 22.3. The molecule has 1 unspecified atom stereocenters. The van der Waals surface area contributed by atoms with Crippen LogP contribution in [0, 0.1) is 17.5 Å². The van der Waals surface area contributed by atoms with Crippen molar-refractivity contribution in [3.05, 3.63) is 100 Å². The highest BCUT2D eigenvalue weighted by molar-refractivity contribution is 7.99. The second kappa shape index (κ2) is 14.6. The van der Waals surface area contributed by atoms with Gasteiger partial charge in [-0.05, 0) is 66.1 Å². The molecule has 0 bridgehead atoms. The van der Waals surface area contributed by atoms with E-state index in [2.05, 4.69) is 9.80 Å². The molecule has 42 heavy (non-hydrogen) atoms. The van der Waals surface area contributed by atoms with Crippen molar-refractivity contribution in [1.82, 2.24) is 9.80 Å². The van der Waals surface area contributed by atoms with Gasteiger partial charge >= 0.3 is 11.9 Å². The van der Waals surface area contributed by atoms with Crippen LogP contribution in [0.3, 0.4) is 0 Å². The van der Waals surface area contributed by atoms with Gasteiger partial charge in [0.15, 0.2) is 0 Å². The van der Waals surface area contributed by atoms with Crippen LogP contribution in [0.1, 0.15) is 17.2 Å². The van der Waals surface area contributed by atoms with Gasteiger partial charge < -0.3 is 14.9 Å². The maximum absolute atomic E-state index is 14.3. The molecular formula is C30H28ClF3N2O5S. The summed E-state index contributed by atoms with van der Waals surface area (Å²) >= 11 is 7.58. The van der Waals surface area contributed by atoms with Crippen molar-refractivity contribution >= 4 is 35.3 Å². The average Bonchev–Trinajstić information content (AvgIpc) is 3.10. The van der Waals surface area contributed by atoms with E-state index in [0.29, 0.717) is 30.9 Å². The van der Waals surface area contributed by atoms with Gasteiger partial charge in [-0.15, -0.1) is 0 Å². The molecular weight excluding hydrogens is 593 g/mol. The highest BCUT2D eigenvalue weighted by atomic mass is 35.5. The summed E-state index contributed by atoms with van der Waals surface area (Å²) < 4.78 is 47.0. The van der Waals surface area contributed by atoms with Crippen LogP contribution in [0.5, 0.6) is 5.75 Å². The minimum atomic E-state index is -1.26. The number of carboxylic acid groups (broad SMARTS) is 2. The van der Waals surface area contributed by atoms with Crippen LogP contribution < -0.4 is 4.74 Å². The maximum Gasteiger partial charge on any atom is 0.328 e. The monoisotopic (exact) mass is 620 g/mol. The number of carboxylic acids is 2. The standard InChI is InChI=1S/C26H24ClF3N2OS.C4H4O4/c27-22-15-21-24(13-17-1-2-19(29)14-25(17)34-26(21)16-23(22)30)32-9-7-31(8-10-32)11-12-33-20-5-3-18(28)4-6-20;5-3(6)1-2-4(7)8/h1-6,14-16,24H,7-13H2;1-2H,(H,5,6)(H,7,8). The first-order valence-electron chi connectivity index (χ1n) is 13.0. The van der Waals surface area contributed by atoms with E-state index in [1.807, 2.05) is 6.07 Å². The minimum Gasteiger partial charge on any atom is -0.492 e. The Morgan fingerprint density at radius 2 is 1.55 bits per heavy atom. The van der Waals surface area contributed by atoms with Gasteiger partial charge in [-0.2, -0.15) is 0 Å². The first-order chi connectivity index (χ1) is 20.1. The molecule has 222 valence electrons. The van der Waals surface area contributed by atoms with E-state index in [-0.39, 0.29) is 22.7 Å². The fourth-order valence-corrected chi connectivity index (χ4v) is 6.05. The number of rotatable bonds is 7. The van der Waals surface area contributed by atoms with Crippen molar-refractivity contribution in [2.75, 3.05) is 39.3 Å². The van der Waals surface area contributed by atoms with Gasteiger partial charge in [0, 0.05) is 60.7 Å². The minimum absolute atomic E-state index is 0.0323. The summed E-state index contributed by atoms with van der Waals surface area (Å²) in [5, 5.41) is 15.7. The summed E-state index contributed by atoms with van der Waals surface area (Å²) in [5.41, 5.74) is 2.04. The largest absolute Gasteiger partial charge is 0.492 e. The van der Waals surface area contributed by atoms with E-state index in [4.69, 9.17) is 26.6 Å². The average molecular weight is 621 g/mol. The third-order valence-electron chi connectivity index (χ3n) is 6.78. The van der Waals surface area contributed by atoms with Gasteiger partial charge in [0.2, 0.25) is 0 Å². The summed E-state index contributed by atoms with van der Waals surface area (Å²) in [5.74, 6) is -2.89. The van der Waals surface area contributed by atoms with E-state index >= 15 is 0 Å². The van der Waals surface area contributed by atoms with Crippen LogP contribution in [0.15, 0.2) is 76.5 Å². The van der Waals surface area contributed by atoms with Crippen molar-refractivity contribution in [2.45, 2.75) is 22.3 Å². The molecule has 12 heteroatoms. The van der Waals surface area contributed by atoms with Crippen LogP contribution >= 0.6 is 23.4 Å². The maximum atomic E-state index is 14.3. The van der Waals surface area contributed by atoms with Gasteiger partial charge in [-0.1, -0.05) is 29.4 Å². The Morgan fingerprint density at radius 3 is 2.19 bits per heavy atom. The molecule has 0 spiro atoms. The van der Waals surface area contributed by atoms with Gasteiger partial charge in [-0.25, -0.2) is 22.8 Å². The zero-order chi connectivity index (χ0) is 30.2. The number of hydrogen-bond donors (Lipinski definition) is 2. The van der Waals surface area contributed by atoms with E-state index in [1.165, 1.54) is 42.1 Å². The molecule has 0 saturated carbocycles. The molecule has 7 nitrogen and oxygen atoms in total. The van der Waals surface area contributed by atoms with Crippen LogP contribution in [0.4, 0.5) is 13.2 Å². The summed E-state index contributed by atoms with van der Waals surface area (Å²) in [7, 11) is 0. The molecule has 3 aromatic rings. The van der Waals surface area contributed by atoms with Gasteiger partial charge in [0.05, 0.1) is 5.02 Å². The highest BCUT2D eigenvalue weighted by Gasteiger charge is 2.31. The number of fused-ring (bicyclic) bond motifs is 2. The molecule has 0 radical (unpaired) electrons. The Bertz CT molecular complexity index is 1430. The zero-order valence-corrected chi connectivity index (χ0v) is 23.9. The van der Waals surface area contributed by atoms with Gasteiger partial charge in [0.1, 0.15) is 29.8 Å². The van der Waals surface area contributed by atoms with Crippen LogP contribution in [-0.2, 0) is 16.0 Å². The summed E-state index contributed by atoms with van der Waals surface area (Å²) in [6.07, 6.45) is 1.83. The van der Waals surface area contributed by atoms with E-state index < -0.39 is 17.8 Å². The number of halogens is 4. The topological polar surface area (TPSA) is 90.3 Å². The van der Waals surface area contributed by atoms with Crippen molar-refractivity contribution in [3.8, 4) is 5.75 Å². The number of carbonyl (C=O) groups is 2. The number of ether oxygens (including phenoxy) is 1. The normalized spacial score (nSPS) is 17.0. The molecule has 0 amide bonds. The molecule has 1 saturated heterocycles. The predicted octanol–water partition coefficient (Wildman–Crippen LogP) is 5.91. The van der Waals surface area contributed by atoms with Crippen LogP contribution in [0.2, 0.25) is 5.02 Å². The molecule has 2 aliphatic rings. The molecule has 2 N–H and O–H groups in total. The lowest BCUT2D eigenvalue weighted by atomic mass is 9.96. The van der Waals surface area contributed by atoms with Crippen LogP contribution in [-0.4, -0.2) is 71.3 Å². The lowest BCUT2D eigenvalue weighted by Gasteiger charge is -2.39. The fraction of sp³-hybridized carbons (Fsp3) is 0.267. The van der Waals surface area contributed by atoms with Crippen molar-refractivity contribution in [2.24, 2.45) is 0 Å². The fourth-order valence-electron chi connectivity index (χ4n) is 4.71. The second-order valence-electron chi connectivity index (χ2n) is 9.57. The lowest BCUT2D eigenvalue weighted by molar-refractivity contribution is -0.134. The van der Waals surface area contributed by atoms with Crippen molar-refractivity contribution in [1.29, 1.82) is 0 Å². The molecule has 2 heterocycles. The molecule has 2 aliphatic heterocycles. The van der Waals surface area contributed by atoms with Crippen LogP contribution in [0.25, 0.3) is 0 Å². The SMILES string of the molecule is Fc1ccc(OCCN2CCN(C3Cc4ccc(F)cc4Sc4cc(F)c(Cl)cc43)CC2)cc1.O=C(O)C=CC(=O)O. The van der Waals surface area contributed by atoms with Crippen molar-refractivity contribution < 1.29 is 37.7 Å². The summed E-state index contributed by atoms with van der Waals surface area (Å²) in [6, 6.07) is 14.1. The molecule has 0 aromatic heterocycles. The van der Waals surface area contributed by atoms with E-state index in [1.54, 1.807) is 18.2 Å². The van der Waals surface area contributed by atoms with E-state index in [9.17, 15) is 22.8 Å². The quantitative estimate of drug-likeness (QED) is 0.315. The summed E-state index contributed by atoms with van der Waals surface area (Å²) in [6.45, 7) is 4.74. The van der Waals surface area contributed by atoms with Gasteiger partial charge in [0.25, 0.3) is 0 Å². The lowest BCUT2D eigenvalue weighted by Crippen LogP contribution is -2.49. The summed E-state index contributed by atoms with van der Waals surface area (Å²) in [4.78, 5) is 25.5. The Kier molecular flexibility index (Phi) is 10.9. The van der Waals surface area contributed by atoms with E-state index in [0.717, 1.165) is 53.6 Å². The smallest absolute Gasteiger partial charge is 0.328 e. The second-order valence-corrected chi connectivity index (χ2v) is 11.1. The molecule has 3 aromatic carbocycles. The molecule has 5 rings (SSSR count). The predicted molar refractivity (Wildman–Crippen MR) is 153 cm³/mol. The number of hydrogen-bond acceptors (Lipinski definition) is 6. The molecule has 1 fully saturated rings. The number of aliphatic carboxylic acids is 2. The number of nitrogens with zero attached hydrogens (tertiary/aromatic N) is 2. The Morgan fingerprint density at radius 1 is 0.905 bits per heavy atom. The molecule has 0 aliphatic carbocycles. The Balaban J connectivity index is 0.000000446. The first kappa shape index (κ1) is 31.4. The first-order valence-corrected chi connectivity index (χ1v) is 14.2.